The Balaban J connectivity index is 2.12. The van der Waals surface area contributed by atoms with Gasteiger partial charge in [0, 0.05) is 25.9 Å². The first-order chi connectivity index (χ1) is 8.22. The van der Waals surface area contributed by atoms with Gasteiger partial charge in [0.2, 0.25) is 0 Å². The molecular weight excluding hydrogens is 240 g/mol. The Hall–Kier alpha value is -1.13. The molecule has 1 unspecified atom stereocenters. The van der Waals surface area contributed by atoms with Crippen molar-refractivity contribution in [3.63, 3.8) is 0 Å². The standard InChI is InChI=1S/C12H15ClN2O2/c13-11-10(4-1-5-14-11)12(17)15-6-2-3-9(7-15)8-16/h1,4-5,9,16H,2-3,6-8H2. The number of amides is 1. The molecule has 0 aromatic carbocycles. The van der Waals surface area contributed by atoms with Gasteiger partial charge < -0.3 is 10.0 Å². The monoisotopic (exact) mass is 254 g/mol. The van der Waals surface area contributed by atoms with Gasteiger partial charge in [0.15, 0.2) is 0 Å². The number of aromatic nitrogens is 1. The number of hydrogen-bond acceptors (Lipinski definition) is 3. The summed E-state index contributed by atoms with van der Waals surface area (Å²) in [6.07, 6.45) is 3.46. The fraction of sp³-hybridized carbons (Fsp3) is 0.500. The Kier molecular flexibility index (Phi) is 3.97. The minimum absolute atomic E-state index is 0.0961. The summed E-state index contributed by atoms with van der Waals surface area (Å²) in [5.74, 6) is 0.0874. The van der Waals surface area contributed by atoms with E-state index in [-0.39, 0.29) is 23.6 Å². The molecule has 1 fully saturated rings. The van der Waals surface area contributed by atoms with Gasteiger partial charge in [-0.2, -0.15) is 0 Å². The highest BCUT2D eigenvalue weighted by Crippen LogP contribution is 2.20. The number of carbonyl (C=O) groups excluding carboxylic acids is 1. The molecule has 1 amide bonds. The van der Waals surface area contributed by atoms with Gasteiger partial charge in [0.1, 0.15) is 5.15 Å². The molecule has 1 aliphatic heterocycles. The number of piperidine rings is 1. The van der Waals surface area contributed by atoms with Gasteiger partial charge in [-0.25, -0.2) is 4.98 Å². The van der Waals surface area contributed by atoms with Crippen LogP contribution in [0.4, 0.5) is 0 Å². The number of pyridine rings is 1. The van der Waals surface area contributed by atoms with Gasteiger partial charge in [0.05, 0.1) is 5.56 Å². The highest BCUT2D eigenvalue weighted by Gasteiger charge is 2.25. The van der Waals surface area contributed by atoms with Gasteiger partial charge in [-0.1, -0.05) is 11.6 Å². The van der Waals surface area contributed by atoms with Crippen LogP contribution in [0.25, 0.3) is 0 Å². The molecular formula is C12H15ClN2O2. The molecule has 2 rings (SSSR count). The summed E-state index contributed by atoms with van der Waals surface area (Å²) in [6.45, 7) is 1.45. The van der Waals surface area contributed by atoms with E-state index in [1.165, 1.54) is 0 Å². The quantitative estimate of drug-likeness (QED) is 0.816. The first-order valence-electron chi connectivity index (χ1n) is 5.73. The zero-order valence-corrected chi connectivity index (χ0v) is 10.2. The number of nitrogens with zero attached hydrogens (tertiary/aromatic N) is 2. The molecule has 0 spiro atoms. The molecule has 1 saturated heterocycles. The fourth-order valence-electron chi connectivity index (χ4n) is 2.11. The minimum Gasteiger partial charge on any atom is -0.396 e. The van der Waals surface area contributed by atoms with E-state index in [2.05, 4.69) is 4.98 Å². The molecule has 1 N–H and O–H groups in total. The summed E-state index contributed by atoms with van der Waals surface area (Å²) in [5, 5.41) is 9.38. The Bertz CT molecular complexity index is 411. The van der Waals surface area contributed by atoms with E-state index in [9.17, 15) is 4.79 Å². The molecule has 1 aromatic rings. The van der Waals surface area contributed by atoms with Crippen molar-refractivity contribution >= 4 is 17.5 Å². The van der Waals surface area contributed by atoms with Crippen molar-refractivity contribution in [1.82, 2.24) is 9.88 Å². The van der Waals surface area contributed by atoms with Crippen LogP contribution in [0.3, 0.4) is 0 Å². The lowest BCUT2D eigenvalue weighted by atomic mass is 9.98. The van der Waals surface area contributed by atoms with Crippen molar-refractivity contribution in [1.29, 1.82) is 0 Å². The van der Waals surface area contributed by atoms with Crippen LogP contribution in [0.5, 0.6) is 0 Å². The average Bonchev–Trinajstić information content (AvgIpc) is 2.38. The van der Waals surface area contributed by atoms with Gasteiger partial charge in [-0.15, -0.1) is 0 Å². The van der Waals surface area contributed by atoms with Crippen molar-refractivity contribution in [2.45, 2.75) is 12.8 Å². The number of hydrogen-bond donors (Lipinski definition) is 1. The van der Waals surface area contributed by atoms with Crippen molar-refractivity contribution in [3.05, 3.63) is 29.0 Å². The predicted octanol–water partition coefficient (Wildman–Crippen LogP) is 1.58. The van der Waals surface area contributed by atoms with E-state index in [1.54, 1.807) is 23.2 Å². The Labute approximate surface area is 105 Å². The predicted molar refractivity (Wildman–Crippen MR) is 65.0 cm³/mol. The second-order valence-corrected chi connectivity index (χ2v) is 4.64. The number of likely N-dealkylation sites (tertiary alicyclic amines) is 1. The van der Waals surface area contributed by atoms with Crippen molar-refractivity contribution in [2.24, 2.45) is 5.92 Å². The van der Waals surface area contributed by atoms with E-state index in [4.69, 9.17) is 16.7 Å². The average molecular weight is 255 g/mol. The number of carbonyl (C=O) groups is 1. The third kappa shape index (κ3) is 2.76. The highest BCUT2D eigenvalue weighted by atomic mass is 35.5. The molecule has 0 saturated carbocycles. The van der Waals surface area contributed by atoms with Crippen LogP contribution in [-0.2, 0) is 0 Å². The Morgan fingerprint density at radius 1 is 1.65 bits per heavy atom. The molecule has 1 aliphatic rings. The van der Waals surface area contributed by atoms with Crippen LogP contribution in [0, 0.1) is 5.92 Å². The zero-order chi connectivity index (χ0) is 12.3. The molecule has 0 bridgehead atoms. The normalized spacial score (nSPS) is 20.4. The second-order valence-electron chi connectivity index (χ2n) is 4.28. The van der Waals surface area contributed by atoms with E-state index in [0.717, 1.165) is 19.4 Å². The lowest BCUT2D eigenvalue weighted by molar-refractivity contribution is 0.0620. The van der Waals surface area contributed by atoms with Crippen LogP contribution in [-0.4, -0.2) is 40.6 Å². The number of halogens is 1. The van der Waals surface area contributed by atoms with Crippen LogP contribution in [0.1, 0.15) is 23.2 Å². The van der Waals surface area contributed by atoms with E-state index >= 15 is 0 Å². The lowest BCUT2D eigenvalue weighted by Gasteiger charge is -2.31. The number of rotatable bonds is 2. The summed E-state index contributed by atoms with van der Waals surface area (Å²) in [5.41, 5.74) is 0.438. The lowest BCUT2D eigenvalue weighted by Crippen LogP contribution is -2.41. The first-order valence-corrected chi connectivity index (χ1v) is 6.11. The molecule has 1 aromatic heterocycles. The number of aliphatic hydroxyl groups excluding tert-OH is 1. The molecule has 1 atom stereocenters. The largest absolute Gasteiger partial charge is 0.396 e. The van der Waals surface area contributed by atoms with Gasteiger partial charge >= 0.3 is 0 Å². The molecule has 5 heteroatoms. The van der Waals surface area contributed by atoms with Crippen molar-refractivity contribution < 1.29 is 9.90 Å². The summed E-state index contributed by atoms with van der Waals surface area (Å²) in [7, 11) is 0. The molecule has 92 valence electrons. The summed E-state index contributed by atoms with van der Waals surface area (Å²) in [6, 6.07) is 3.38. The van der Waals surface area contributed by atoms with E-state index in [1.807, 2.05) is 0 Å². The summed E-state index contributed by atoms with van der Waals surface area (Å²) < 4.78 is 0. The third-order valence-corrected chi connectivity index (χ3v) is 3.36. The van der Waals surface area contributed by atoms with Crippen LogP contribution in [0.15, 0.2) is 18.3 Å². The fourth-order valence-corrected chi connectivity index (χ4v) is 2.31. The highest BCUT2D eigenvalue weighted by molar-refractivity contribution is 6.32. The zero-order valence-electron chi connectivity index (χ0n) is 9.47. The van der Waals surface area contributed by atoms with Crippen LogP contribution < -0.4 is 0 Å². The van der Waals surface area contributed by atoms with E-state index in [0.29, 0.717) is 12.1 Å². The molecule has 17 heavy (non-hydrogen) atoms. The Morgan fingerprint density at radius 2 is 2.47 bits per heavy atom. The topological polar surface area (TPSA) is 53.4 Å². The van der Waals surface area contributed by atoms with E-state index < -0.39 is 0 Å². The molecule has 4 nitrogen and oxygen atoms in total. The van der Waals surface area contributed by atoms with Crippen molar-refractivity contribution in [2.75, 3.05) is 19.7 Å². The molecule has 2 heterocycles. The Morgan fingerprint density at radius 3 is 3.18 bits per heavy atom. The maximum Gasteiger partial charge on any atom is 0.256 e. The van der Waals surface area contributed by atoms with Crippen molar-refractivity contribution in [3.8, 4) is 0 Å². The maximum atomic E-state index is 12.2. The number of aliphatic hydroxyl groups is 1. The molecule has 0 aliphatic carbocycles. The van der Waals surface area contributed by atoms with Crippen LogP contribution in [0.2, 0.25) is 5.15 Å². The third-order valence-electron chi connectivity index (χ3n) is 3.05. The van der Waals surface area contributed by atoms with Gasteiger partial charge in [-0.3, -0.25) is 4.79 Å². The molecule has 0 radical (unpaired) electrons. The smallest absolute Gasteiger partial charge is 0.256 e. The SMILES string of the molecule is O=C(c1cccnc1Cl)N1CCCC(CO)C1. The summed E-state index contributed by atoms with van der Waals surface area (Å²) >= 11 is 5.90. The van der Waals surface area contributed by atoms with Gasteiger partial charge in [0.25, 0.3) is 5.91 Å². The second kappa shape index (κ2) is 5.47. The van der Waals surface area contributed by atoms with Gasteiger partial charge in [-0.05, 0) is 30.9 Å². The minimum atomic E-state index is -0.0961. The first kappa shape index (κ1) is 12.3. The van der Waals surface area contributed by atoms with Crippen LogP contribution >= 0.6 is 11.6 Å². The summed E-state index contributed by atoms with van der Waals surface area (Å²) in [4.78, 5) is 17.8. The maximum absolute atomic E-state index is 12.2.